The fraction of sp³-hybridized carbons (Fsp3) is 0.857. The zero-order chi connectivity index (χ0) is 15.4. The Morgan fingerprint density at radius 2 is 1.80 bits per heavy atom. The van der Waals surface area contributed by atoms with Gasteiger partial charge >= 0.3 is 11.9 Å². The molecular formula is C14H24O6. The second-order valence-electron chi connectivity index (χ2n) is 5.95. The molecule has 1 fully saturated rings. The Balaban J connectivity index is 2.30. The lowest BCUT2D eigenvalue weighted by Crippen LogP contribution is -2.44. The van der Waals surface area contributed by atoms with Crippen LogP contribution in [0, 0.1) is 5.41 Å². The van der Waals surface area contributed by atoms with Gasteiger partial charge < -0.3 is 18.9 Å². The molecule has 0 radical (unpaired) electrons. The second-order valence-corrected chi connectivity index (χ2v) is 5.95. The van der Waals surface area contributed by atoms with Gasteiger partial charge in [-0.1, -0.05) is 6.92 Å². The summed E-state index contributed by atoms with van der Waals surface area (Å²) in [5.41, 5.74) is -0.596. The van der Waals surface area contributed by atoms with Crippen LogP contribution in [0.15, 0.2) is 0 Å². The molecule has 0 N–H and O–H groups in total. The summed E-state index contributed by atoms with van der Waals surface area (Å²) < 4.78 is 20.8. The van der Waals surface area contributed by atoms with Crippen molar-refractivity contribution in [1.82, 2.24) is 0 Å². The molecule has 0 spiro atoms. The van der Waals surface area contributed by atoms with Crippen LogP contribution in [0.25, 0.3) is 0 Å². The lowest BCUT2D eigenvalue weighted by molar-refractivity contribution is -0.276. The number of rotatable bonds is 5. The average molecular weight is 288 g/mol. The smallest absolute Gasteiger partial charge is 0.344 e. The van der Waals surface area contributed by atoms with E-state index >= 15 is 0 Å². The van der Waals surface area contributed by atoms with Gasteiger partial charge in [0.1, 0.15) is 6.10 Å². The van der Waals surface area contributed by atoms with Crippen LogP contribution >= 0.6 is 0 Å². The molecule has 0 aromatic carbocycles. The third-order valence-electron chi connectivity index (χ3n) is 3.29. The highest BCUT2D eigenvalue weighted by Crippen LogP contribution is 2.21. The SMILES string of the molecule is CCC(C)(C)C(=O)OCC(=O)OC1COC(C)(C)OC1. The number of carbonyl (C=O) groups excluding carboxylic acids is 2. The van der Waals surface area contributed by atoms with Gasteiger partial charge in [-0.2, -0.15) is 0 Å². The average Bonchev–Trinajstić information content (AvgIpc) is 2.38. The predicted octanol–water partition coefficient (Wildman–Crippen LogP) is 1.66. The topological polar surface area (TPSA) is 71.1 Å². The van der Waals surface area contributed by atoms with E-state index in [0.717, 1.165) is 0 Å². The zero-order valence-electron chi connectivity index (χ0n) is 12.9. The van der Waals surface area contributed by atoms with Gasteiger partial charge in [-0.3, -0.25) is 4.79 Å². The molecule has 0 atom stereocenters. The summed E-state index contributed by atoms with van der Waals surface area (Å²) in [6.07, 6.45) is 0.175. The van der Waals surface area contributed by atoms with Gasteiger partial charge in [0, 0.05) is 0 Å². The molecule has 1 aliphatic rings. The van der Waals surface area contributed by atoms with Gasteiger partial charge in [0.15, 0.2) is 12.4 Å². The van der Waals surface area contributed by atoms with Gasteiger partial charge in [-0.15, -0.1) is 0 Å². The maximum absolute atomic E-state index is 11.7. The van der Waals surface area contributed by atoms with E-state index in [0.29, 0.717) is 6.42 Å². The van der Waals surface area contributed by atoms with E-state index in [1.165, 1.54) is 0 Å². The first-order valence-corrected chi connectivity index (χ1v) is 6.81. The lowest BCUT2D eigenvalue weighted by Gasteiger charge is -2.34. The first kappa shape index (κ1) is 16.9. The van der Waals surface area contributed by atoms with Crippen LogP contribution in [-0.4, -0.2) is 43.7 Å². The molecule has 6 nitrogen and oxygen atoms in total. The largest absolute Gasteiger partial charge is 0.455 e. The molecular weight excluding hydrogens is 264 g/mol. The molecule has 1 aliphatic heterocycles. The van der Waals surface area contributed by atoms with Crippen LogP contribution in [0.4, 0.5) is 0 Å². The summed E-state index contributed by atoms with van der Waals surface area (Å²) in [6, 6.07) is 0. The first-order valence-electron chi connectivity index (χ1n) is 6.81. The predicted molar refractivity (Wildman–Crippen MR) is 70.9 cm³/mol. The second kappa shape index (κ2) is 6.54. The summed E-state index contributed by atoms with van der Waals surface area (Å²) in [5, 5.41) is 0. The standard InChI is InChI=1S/C14H24O6/c1-6-13(2,3)12(16)17-9-11(15)20-10-7-18-14(4,5)19-8-10/h10H,6-9H2,1-5H3. The summed E-state index contributed by atoms with van der Waals surface area (Å²) >= 11 is 0. The Bertz CT molecular complexity index is 351. The van der Waals surface area contributed by atoms with Crippen LogP contribution in [-0.2, 0) is 28.5 Å². The third kappa shape index (κ3) is 5.09. The van der Waals surface area contributed by atoms with Crippen molar-refractivity contribution in [2.24, 2.45) is 5.41 Å². The van der Waals surface area contributed by atoms with Crippen molar-refractivity contribution in [3.8, 4) is 0 Å². The van der Waals surface area contributed by atoms with Crippen LogP contribution in [0.1, 0.15) is 41.0 Å². The molecule has 0 aromatic rings. The van der Waals surface area contributed by atoms with Crippen molar-refractivity contribution < 1.29 is 28.5 Å². The van der Waals surface area contributed by atoms with Crippen molar-refractivity contribution in [2.75, 3.05) is 19.8 Å². The normalized spacial score (nSPS) is 19.4. The Labute approximate surface area is 119 Å². The van der Waals surface area contributed by atoms with Crippen LogP contribution in [0.5, 0.6) is 0 Å². The van der Waals surface area contributed by atoms with Crippen molar-refractivity contribution in [1.29, 1.82) is 0 Å². The maximum atomic E-state index is 11.7. The van der Waals surface area contributed by atoms with Gasteiger partial charge in [-0.25, -0.2) is 4.79 Å². The Hall–Kier alpha value is -1.14. The number of hydrogen-bond acceptors (Lipinski definition) is 6. The van der Waals surface area contributed by atoms with Crippen LogP contribution in [0.3, 0.4) is 0 Å². The number of esters is 2. The summed E-state index contributed by atoms with van der Waals surface area (Å²) in [4.78, 5) is 23.3. The molecule has 1 rings (SSSR count). The molecule has 0 aliphatic carbocycles. The molecule has 0 unspecified atom stereocenters. The number of ether oxygens (including phenoxy) is 4. The van der Waals surface area contributed by atoms with E-state index in [1.54, 1.807) is 27.7 Å². The van der Waals surface area contributed by atoms with E-state index in [1.807, 2.05) is 6.92 Å². The molecule has 0 bridgehead atoms. The Morgan fingerprint density at radius 3 is 2.30 bits per heavy atom. The van der Waals surface area contributed by atoms with Crippen molar-refractivity contribution in [3.05, 3.63) is 0 Å². The molecule has 20 heavy (non-hydrogen) atoms. The van der Waals surface area contributed by atoms with E-state index in [4.69, 9.17) is 18.9 Å². The minimum absolute atomic E-state index is 0.271. The first-order chi connectivity index (χ1) is 9.16. The summed E-state index contributed by atoms with van der Waals surface area (Å²) in [5.74, 6) is -1.66. The van der Waals surface area contributed by atoms with Crippen molar-refractivity contribution >= 4 is 11.9 Å². The number of hydrogen-bond donors (Lipinski definition) is 0. The van der Waals surface area contributed by atoms with Crippen molar-refractivity contribution in [3.63, 3.8) is 0 Å². The summed E-state index contributed by atoms with van der Waals surface area (Å²) in [6.45, 7) is 9.16. The highest BCUT2D eigenvalue weighted by atomic mass is 16.7. The minimum atomic E-state index is -0.652. The third-order valence-corrected chi connectivity index (χ3v) is 3.29. The van der Waals surface area contributed by atoms with Crippen molar-refractivity contribution in [2.45, 2.75) is 52.9 Å². The van der Waals surface area contributed by atoms with E-state index < -0.39 is 29.2 Å². The van der Waals surface area contributed by atoms with Crippen LogP contribution in [0.2, 0.25) is 0 Å². The highest BCUT2D eigenvalue weighted by molar-refractivity contribution is 5.79. The fourth-order valence-corrected chi connectivity index (χ4v) is 1.43. The Kier molecular flexibility index (Phi) is 5.53. The molecule has 0 amide bonds. The monoisotopic (exact) mass is 288 g/mol. The maximum Gasteiger partial charge on any atom is 0.344 e. The summed E-state index contributed by atoms with van der Waals surface area (Å²) in [7, 11) is 0. The molecule has 116 valence electrons. The van der Waals surface area contributed by atoms with E-state index in [2.05, 4.69) is 0 Å². The van der Waals surface area contributed by atoms with E-state index in [9.17, 15) is 9.59 Å². The van der Waals surface area contributed by atoms with Gasteiger partial charge in [0.2, 0.25) is 0 Å². The van der Waals surface area contributed by atoms with Gasteiger partial charge in [0.25, 0.3) is 0 Å². The molecule has 1 saturated heterocycles. The van der Waals surface area contributed by atoms with E-state index in [-0.39, 0.29) is 19.8 Å². The molecule has 0 saturated carbocycles. The minimum Gasteiger partial charge on any atom is -0.455 e. The van der Waals surface area contributed by atoms with Crippen LogP contribution < -0.4 is 0 Å². The lowest BCUT2D eigenvalue weighted by atomic mass is 9.91. The zero-order valence-corrected chi connectivity index (χ0v) is 12.9. The molecule has 0 aromatic heterocycles. The highest BCUT2D eigenvalue weighted by Gasteiger charge is 2.31. The van der Waals surface area contributed by atoms with Gasteiger partial charge in [0.05, 0.1) is 18.6 Å². The molecule has 6 heteroatoms. The Morgan fingerprint density at radius 1 is 1.25 bits per heavy atom. The van der Waals surface area contributed by atoms with Gasteiger partial charge in [-0.05, 0) is 34.1 Å². The molecule has 1 heterocycles. The number of carbonyl (C=O) groups is 2. The fourth-order valence-electron chi connectivity index (χ4n) is 1.43. The quantitative estimate of drug-likeness (QED) is 0.716.